The average molecular weight is 240 g/mol. The van der Waals surface area contributed by atoms with Crippen LogP contribution in [0.4, 0.5) is 11.6 Å². The first kappa shape index (κ1) is 11.4. The van der Waals surface area contributed by atoms with Crippen molar-refractivity contribution in [2.45, 2.75) is 18.9 Å². The van der Waals surface area contributed by atoms with E-state index in [0.29, 0.717) is 0 Å². The highest BCUT2D eigenvalue weighted by atomic mass is 16.6. The first-order chi connectivity index (χ1) is 8.00. The SMILES string of the molecule is Cn1cnc([N+](=O)[O-])c1N(CC(=O)O)C1CC1. The van der Waals surface area contributed by atoms with Crippen LogP contribution in [-0.2, 0) is 11.8 Å². The standard InChI is InChI=1S/C9H12N4O4/c1-11-5-10-8(13(16)17)9(11)12(4-7(14)15)6-2-3-6/h5-6H,2-4H2,1H3,(H,14,15). The van der Waals surface area contributed by atoms with Crippen LogP contribution in [0.3, 0.4) is 0 Å². The lowest BCUT2D eigenvalue weighted by molar-refractivity contribution is -0.388. The van der Waals surface area contributed by atoms with E-state index in [2.05, 4.69) is 4.98 Å². The Morgan fingerprint density at radius 1 is 1.76 bits per heavy atom. The number of carboxylic acids is 1. The van der Waals surface area contributed by atoms with E-state index < -0.39 is 10.9 Å². The molecule has 17 heavy (non-hydrogen) atoms. The minimum Gasteiger partial charge on any atom is -0.480 e. The van der Waals surface area contributed by atoms with Crippen molar-refractivity contribution in [2.75, 3.05) is 11.4 Å². The smallest absolute Gasteiger partial charge is 0.406 e. The second-order valence-electron chi connectivity index (χ2n) is 4.01. The molecule has 1 heterocycles. The molecule has 0 amide bonds. The summed E-state index contributed by atoms with van der Waals surface area (Å²) in [6.45, 7) is -0.245. The van der Waals surface area contributed by atoms with Gasteiger partial charge in [0.05, 0.1) is 0 Å². The molecule has 0 bridgehead atoms. The normalized spacial score (nSPS) is 14.6. The third kappa shape index (κ3) is 2.19. The highest BCUT2D eigenvalue weighted by molar-refractivity contribution is 5.75. The lowest BCUT2D eigenvalue weighted by Gasteiger charge is -2.21. The highest BCUT2D eigenvalue weighted by Gasteiger charge is 2.37. The van der Waals surface area contributed by atoms with Crippen LogP contribution >= 0.6 is 0 Å². The third-order valence-corrected chi connectivity index (χ3v) is 2.63. The molecule has 0 atom stereocenters. The van der Waals surface area contributed by atoms with Crippen molar-refractivity contribution in [2.24, 2.45) is 7.05 Å². The van der Waals surface area contributed by atoms with Gasteiger partial charge in [0.2, 0.25) is 12.1 Å². The van der Waals surface area contributed by atoms with Gasteiger partial charge in [0.1, 0.15) is 6.54 Å². The molecule has 0 aliphatic heterocycles. The van der Waals surface area contributed by atoms with Crippen LogP contribution in [0.15, 0.2) is 6.33 Å². The first-order valence-corrected chi connectivity index (χ1v) is 5.15. The van der Waals surface area contributed by atoms with Gasteiger partial charge in [-0.2, -0.15) is 0 Å². The molecule has 1 aliphatic carbocycles. The van der Waals surface area contributed by atoms with Gasteiger partial charge in [-0.15, -0.1) is 0 Å². The van der Waals surface area contributed by atoms with Crippen LogP contribution in [0.5, 0.6) is 0 Å². The van der Waals surface area contributed by atoms with Crippen LogP contribution in [0.1, 0.15) is 12.8 Å². The van der Waals surface area contributed by atoms with E-state index in [9.17, 15) is 14.9 Å². The molecule has 8 nitrogen and oxygen atoms in total. The van der Waals surface area contributed by atoms with Gasteiger partial charge in [-0.3, -0.25) is 9.36 Å². The predicted molar refractivity (Wildman–Crippen MR) is 57.9 cm³/mol. The molecule has 0 unspecified atom stereocenters. The largest absolute Gasteiger partial charge is 0.480 e. The molecule has 92 valence electrons. The van der Waals surface area contributed by atoms with Gasteiger partial charge in [-0.1, -0.05) is 0 Å². The molecule has 0 spiro atoms. The molecule has 0 radical (unpaired) electrons. The maximum atomic E-state index is 10.8. The zero-order valence-electron chi connectivity index (χ0n) is 9.24. The van der Waals surface area contributed by atoms with Crippen LogP contribution in [0.25, 0.3) is 0 Å². The number of hydrogen-bond acceptors (Lipinski definition) is 5. The highest BCUT2D eigenvalue weighted by Crippen LogP contribution is 2.35. The second kappa shape index (κ2) is 4.04. The summed E-state index contributed by atoms with van der Waals surface area (Å²) in [6, 6.07) is 0.0696. The van der Waals surface area contributed by atoms with Crippen LogP contribution in [0.2, 0.25) is 0 Å². The van der Waals surface area contributed by atoms with E-state index in [1.807, 2.05) is 0 Å². The molecule has 0 aromatic carbocycles. The number of anilines is 1. The quantitative estimate of drug-likeness (QED) is 0.589. The van der Waals surface area contributed by atoms with Gasteiger partial charge in [0.25, 0.3) is 0 Å². The van der Waals surface area contributed by atoms with Crippen LogP contribution in [0, 0.1) is 10.1 Å². The summed E-state index contributed by atoms with van der Waals surface area (Å²) in [7, 11) is 1.62. The molecule has 1 aromatic heterocycles. The number of imidazole rings is 1. The fraction of sp³-hybridized carbons (Fsp3) is 0.556. The van der Waals surface area contributed by atoms with Gasteiger partial charge in [0.15, 0.2) is 0 Å². The van der Waals surface area contributed by atoms with E-state index >= 15 is 0 Å². The molecule has 1 fully saturated rings. The Balaban J connectivity index is 2.37. The second-order valence-corrected chi connectivity index (χ2v) is 4.01. The monoisotopic (exact) mass is 240 g/mol. The number of rotatable bonds is 5. The van der Waals surface area contributed by atoms with Crippen molar-refractivity contribution < 1.29 is 14.8 Å². The number of nitrogens with zero attached hydrogens (tertiary/aromatic N) is 4. The Morgan fingerprint density at radius 3 is 2.88 bits per heavy atom. The van der Waals surface area contributed by atoms with Gasteiger partial charge >= 0.3 is 11.8 Å². The van der Waals surface area contributed by atoms with E-state index in [-0.39, 0.29) is 24.2 Å². The fourth-order valence-electron chi connectivity index (χ4n) is 1.78. The molecular formula is C9H12N4O4. The minimum absolute atomic E-state index is 0.0696. The molecule has 1 saturated carbocycles. The Labute approximate surface area is 96.6 Å². The number of aromatic nitrogens is 2. The zero-order valence-corrected chi connectivity index (χ0v) is 9.24. The van der Waals surface area contributed by atoms with Crippen molar-refractivity contribution >= 4 is 17.6 Å². The first-order valence-electron chi connectivity index (χ1n) is 5.15. The van der Waals surface area contributed by atoms with Crippen molar-refractivity contribution in [3.63, 3.8) is 0 Å². The summed E-state index contributed by atoms with van der Waals surface area (Å²) in [5.41, 5.74) is 0. The van der Waals surface area contributed by atoms with E-state index in [1.54, 1.807) is 7.05 Å². The van der Waals surface area contributed by atoms with E-state index in [0.717, 1.165) is 12.8 Å². The third-order valence-electron chi connectivity index (χ3n) is 2.63. The van der Waals surface area contributed by atoms with Crippen molar-refractivity contribution in [1.82, 2.24) is 9.55 Å². The Morgan fingerprint density at radius 2 is 2.41 bits per heavy atom. The summed E-state index contributed by atoms with van der Waals surface area (Å²) >= 11 is 0. The minimum atomic E-state index is -1.01. The number of aliphatic carboxylic acids is 1. The topological polar surface area (TPSA) is 101 Å². The maximum Gasteiger partial charge on any atom is 0.406 e. The Kier molecular flexibility index (Phi) is 2.70. The summed E-state index contributed by atoms with van der Waals surface area (Å²) < 4.78 is 1.49. The van der Waals surface area contributed by atoms with Crippen molar-refractivity contribution in [3.05, 3.63) is 16.4 Å². The number of hydrogen-bond donors (Lipinski definition) is 1. The molecule has 2 rings (SSSR count). The zero-order chi connectivity index (χ0) is 12.6. The fourth-order valence-corrected chi connectivity index (χ4v) is 1.78. The van der Waals surface area contributed by atoms with Crippen LogP contribution < -0.4 is 4.90 Å². The summed E-state index contributed by atoms with van der Waals surface area (Å²) in [4.78, 5) is 26.2. The number of carboxylic acid groups (broad SMARTS) is 1. The lowest BCUT2D eigenvalue weighted by Crippen LogP contribution is -2.33. The van der Waals surface area contributed by atoms with Gasteiger partial charge in [0, 0.05) is 13.1 Å². The predicted octanol–water partition coefficient (Wildman–Crippen LogP) is 0.382. The number of carbonyl (C=O) groups is 1. The molecule has 1 aliphatic rings. The maximum absolute atomic E-state index is 10.8. The summed E-state index contributed by atoms with van der Waals surface area (Å²) in [5, 5.41) is 19.7. The van der Waals surface area contributed by atoms with Crippen molar-refractivity contribution in [1.29, 1.82) is 0 Å². The van der Waals surface area contributed by atoms with Gasteiger partial charge in [-0.25, -0.2) is 0 Å². The van der Waals surface area contributed by atoms with Crippen molar-refractivity contribution in [3.8, 4) is 0 Å². The van der Waals surface area contributed by atoms with Gasteiger partial charge < -0.3 is 20.1 Å². The molecular weight excluding hydrogens is 228 g/mol. The summed E-state index contributed by atoms with van der Waals surface area (Å²) in [5.74, 6) is -1.03. The molecule has 8 heteroatoms. The van der Waals surface area contributed by atoms with Gasteiger partial charge in [-0.05, 0) is 22.7 Å². The molecule has 1 N–H and O–H groups in total. The number of aryl methyl sites for hydroxylation is 1. The lowest BCUT2D eigenvalue weighted by atomic mass is 10.4. The number of nitro groups is 1. The Hall–Kier alpha value is -2.12. The Bertz CT molecular complexity index is 466. The molecule has 1 aromatic rings. The van der Waals surface area contributed by atoms with Crippen LogP contribution in [-0.4, -0.2) is 38.1 Å². The van der Waals surface area contributed by atoms with E-state index in [4.69, 9.17) is 5.11 Å². The van der Waals surface area contributed by atoms with E-state index in [1.165, 1.54) is 15.8 Å². The average Bonchev–Trinajstić information content (AvgIpc) is 2.98. The molecule has 0 saturated heterocycles. The summed E-state index contributed by atoms with van der Waals surface area (Å²) in [6.07, 6.45) is 3.04.